The van der Waals surface area contributed by atoms with Gasteiger partial charge >= 0.3 is 0 Å². The summed E-state index contributed by atoms with van der Waals surface area (Å²) >= 11 is 0. The molecule has 0 unspecified atom stereocenters. The van der Waals surface area contributed by atoms with E-state index in [2.05, 4.69) is 34.3 Å². The van der Waals surface area contributed by atoms with Crippen molar-refractivity contribution in [3.8, 4) is 0 Å². The van der Waals surface area contributed by atoms with Crippen LogP contribution in [0.25, 0.3) is 12.2 Å². The van der Waals surface area contributed by atoms with Gasteiger partial charge in [-0.05, 0) is 31.7 Å². The highest BCUT2D eigenvalue weighted by Gasteiger charge is 2.00. The third kappa shape index (κ3) is 4.51. The standard InChI is InChI=1S/C14H21N3/c1-4-6-12-7-8-13(17-14(12)5-2)11-16-10-9-15-3/h4-8,15-16H,2,9-11H2,1,3H3/b6-4-. The summed E-state index contributed by atoms with van der Waals surface area (Å²) in [5, 5.41) is 6.42. The van der Waals surface area contributed by atoms with E-state index in [-0.39, 0.29) is 0 Å². The molecule has 3 heteroatoms. The van der Waals surface area contributed by atoms with E-state index >= 15 is 0 Å². The number of allylic oxidation sites excluding steroid dienone is 1. The molecule has 0 bridgehead atoms. The van der Waals surface area contributed by atoms with Crippen LogP contribution in [-0.4, -0.2) is 25.1 Å². The Balaban J connectivity index is 2.65. The number of aromatic nitrogens is 1. The molecule has 2 N–H and O–H groups in total. The normalized spacial score (nSPS) is 10.9. The van der Waals surface area contributed by atoms with Crippen LogP contribution in [0.3, 0.4) is 0 Å². The summed E-state index contributed by atoms with van der Waals surface area (Å²) in [6, 6.07) is 4.13. The molecule has 1 aromatic heterocycles. The first kappa shape index (κ1) is 13.6. The Bertz CT molecular complexity index is 383. The fourth-order valence-electron chi connectivity index (χ4n) is 1.54. The molecular weight excluding hydrogens is 210 g/mol. The van der Waals surface area contributed by atoms with Gasteiger partial charge in [-0.25, -0.2) is 0 Å². The summed E-state index contributed by atoms with van der Waals surface area (Å²) < 4.78 is 0. The highest BCUT2D eigenvalue weighted by atomic mass is 14.9. The van der Waals surface area contributed by atoms with Crippen molar-refractivity contribution in [3.63, 3.8) is 0 Å². The topological polar surface area (TPSA) is 37.0 Å². The summed E-state index contributed by atoms with van der Waals surface area (Å²) in [5.74, 6) is 0. The Hall–Kier alpha value is -1.45. The summed E-state index contributed by atoms with van der Waals surface area (Å²) in [6.45, 7) is 8.49. The Morgan fingerprint density at radius 3 is 2.82 bits per heavy atom. The number of likely N-dealkylation sites (N-methyl/N-ethyl adjacent to an activating group) is 1. The maximum atomic E-state index is 4.56. The van der Waals surface area contributed by atoms with E-state index < -0.39 is 0 Å². The zero-order chi connectivity index (χ0) is 12.5. The van der Waals surface area contributed by atoms with Gasteiger partial charge in [-0.15, -0.1) is 0 Å². The molecule has 92 valence electrons. The summed E-state index contributed by atoms with van der Waals surface area (Å²) in [6.07, 6.45) is 5.85. The zero-order valence-electron chi connectivity index (χ0n) is 10.7. The van der Waals surface area contributed by atoms with E-state index in [1.807, 2.05) is 26.1 Å². The van der Waals surface area contributed by atoms with E-state index in [0.29, 0.717) is 0 Å². The second-order valence-electron chi connectivity index (χ2n) is 3.76. The fourth-order valence-corrected chi connectivity index (χ4v) is 1.54. The Morgan fingerprint density at radius 2 is 2.18 bits per heavy atom. The lowest BCUT2D eigenvalue weighted by molar-refractivity contribution is 0.642. The molecule has 0 atom stereocenters. The highest BCUT2D eigenvalue weighted by molar-refractivity contribution is 5.61. The minimum absolute atomic E-state index is 0.790. The van der Waals surface area contributed by atoms with E-state index in [1.54, 1.807) is 6.08 Å². The van der Waals surface area contributed by atoms with Crippen LogP contribution in [0, 0.1) is 0 Å². The first-order valence-corrected chi connectivity index (χ1v) is 5.92. The number of nitrogens with zero attached hydrogens (tertiary/aromatic N) is 1. The van der Waals surface area contributed by atoms with Crippen LogP contribution in [0.1, 0.15) is 23.9 Å². The molecule has 0 aliphatic heterocycles. The molecule has 0 aliphatic carbocycles. The predicted molar refractivity (Wildman–Crippen MR) is 74.7 cm³/mol. The minimum atomic E-state index is 0.790. The fraction of sp³-hybridized carbons (Fsp3) is 0.357. The molecule has 0 saturated carbocycles. The van der Waals surface area contributed by atoms with Crippen molar-refractivity contribution in [1.82, 2.24) is 15.6 Å². The Morgan fingerprint density at radius 1 is 1.35 bits per heavy atom. The van der Waals surface area contributed by atoms with E-state index in [1.165, 1.54) is 0 Å². The van der Waals surface area contributed by atoms with Gasteiger partial charge in [0.15, 0.2) is 0 Å². The molecule has 0 fully saturated rings. The first-order valence-electron chi connectivity index (χ1n) is 5.92. The van der Waals surface area contributed by atoms with Gasteiger partial charge < -0.3 is 10.6 Å². The third-order valence-corrected chi connectivity index (χ3v) is 2.41. The number of pyridine rings is 1. The molecule has 17 heavy (non-hydrogen) atoms. The van der Waals surface area contributed by atoms with E-state index in [0.717, 1.165) is 36.6 Å². The van der Waals surface area contributed by atoms with Gasteiger partial charge in [0.2, 0.25) is 0 Å². The molecule has 1 aromatic rings. The molecule has 0 saturated heterocycles. The molecule has 0 aromatic carbocycles. The molecule has 0 radical (unpaired) electrons. The van der Waals surface area contributed by atoms with Crippen molar-refractivity contribution in [2.45, 2.75) is 13.5 Å². The number of rotatable bonds is 7. The van der Waals surface area contributed by atoms with Gasteiger partial charge in [-0.1, -0.05) is 24.8 Å². The van der Waals surface area contributed by atoms with Crippen LogP contribution < -0.4 is 10.6 Å². The van der Waals surface area contributed by atoms with Crippen LogP contribution >= 0.6 is 0 Å². The molecule has 0 aliphatic rings. The van der Waals surface area contributed by atoms with E-state index in [9.17, 15) is 0 Å². The van der Waals surface area contributed by atoms with Crippen LogP contribution in [-0.2, 0) is 6.54 Å². The van der Waals surface area contributed by atoms with Crippen molar-refractivity contribution >= 4 is 12.2 Å². The maximum absolute atomic E-state index is 4.56. The van der Waals surface area contributed by atoms with Gasteiger partial charge in [-0.2, -0.15) is 0 Å². The molecule has 1 heterocycles. The molecule has 1 rings (SSSR count). The van der Waals surface area contributed by atoms with Crippen molar-refractivity contribution < 1.29 is 0 Å². The average Bonchev–Trinajstić information content (AvgIpc) is 2.36. The van der Waals surface area contributed by atoms with Crippen LogP contribution in [0.4, 0.5) is 0 Å². The minimum Gasteiger partial charge on any atom is -0.318 e. The van der Waals surface area contributed by atoms with Crippen molar-refractivity contribution in [1.29, 1.82) is 0 Å². The Labute approximate surface area is 104 Å². The first-order chi connectivity index (χ1) is 8.31. The number of hydrogen-bond donors (Lipinski definition) is 2. The third-order valence-electron chi connectivity index (χ3n) is 2.41. The number of hydrogen-bond acceptors (Lipinski definition) is 3. The molecule has 0 amide bonds. The predicted octanol–water partition coefficient (Wildman–Crippen LogP) is 2.07. The quantitative estimate of drug-likeness (QED) is 0.705. The van der Waals surface area contributed by atoms with Gasteiger partial charge in [0.05, 0.1) is 11.4 Å². The lowest BCUT2D eigenvalue weighted by atomic mass is 10.1. The molecular formula is C14H21N3. The maximum Gasteiger partial charge on any atom is 0.0699 e. The van der Waals surface area contributed by atoms with Crippen molar-refractivity contribution in [2.24, 2.45) is 0 Å². The monoisotopic (exact) mass is 231 g/mol. The smallest absolute Gasteiger partial charge is 0.0699 e. The summed E-state index contributed by atoms with van der Waals surface area (Å²) in [7, 11) is 1.95. The van der Waals surface area contributed by atoms with Gasteiger partial charge in [-0.3, -0.25) is 4.98 Å². The largest absolute Gasteiger partial charge is 0.318 e. The number of nitrogens with one attached hydrogen (secondary N) is 2. The summed E-state index contributed by atoms with van der Waals surface area (Å²) in [5.41, 5.74) is 3.10. The van der Waals surface area contributed by atoms with Gasteiger partial charge in [0.1, 0.15) is 0 Å². The molecule has 0 spiro atoms. The highest BCUT2D eigenvalue weighted by Crippen LogP contribution is 2.11. The van der Waals surface area contributed by atoms with Crippen molar-refractivity contribution in [3.05, 3.63) is 41.7 Å². The average molecular weight is 231 g/mol. The summed E-state index contributed by atoms with van der Waals surface area (Å²) in [4.78, 5) is 4.56. The molecule has 3 nitrogen and oxygen atoms in total. The van der Waals surface area contributed by atoms with Gasteiger partial charge in [0, 0.05) is 19.6 Å². The van der Waals surface area contributed by atoms with Crippen LogP contribution in [0.5, 0.6) is 0 Å². The lowest BCUT2D eigenvalue weighted by Gasteiger charge is -2.06. The zero-order valence-corrected chi connectivity index (χ0v) is 10.7. The second-order valence-corrected chi connectivity index (χ2v) is 3.76. The lowest BCUT2D eigenvalue weighted by Crippen LogP contribution is -2.24. The SMILES string of the molecule is C=Cc1nc(CNCCNC)ccc1/C=C\C. The van der Waals surface area contributed by atoms with E-state index in [4.69, 9.17) is 0 Å². The van der Waals surface area contributed by atoms with Gasteiger partial charge in [0.25, 0.3) is 0 Å². The van der Waals surface area contributed by atoms with Crippen molar-refractivity contribution in [2.75, 3.05) is 20.1 Å². The Kier molecular flexibility index (Phi) is 6.22. The second kappa shape index (κ2) is 7.76. The van der Waals surface area contributed by atoms with Crippen LogP contribution in [0.2, 0.25) is 0 Å². The van der Waals surface area contributed by atoms with Crippen LogP contribution in [0.15, 0.2) is 24.8 Å².